The molecule has 0 heterocycles. The van der Waals surface area contributed by atoms with Gasteiger partial charge in [-0.25, -0.2) is 0 Å². The van der Waals surface area contributed by atoms with Gasteiger partial charge in [-0.1, -0.05) is 28.1 Å². The number of anilines is 1. The average molecular weight is 406 g/mol. The Morgan fingerprint density at radius 1 is 1.13 bits per heavy atom. The van der Waals surface area contributed by atoms with Gasteiger partial charge in [0.25, 0.3) is 0 Å². The fourth-order valence-corrected chi connectivity index (χ4v) is 2.61. The van der Waals surface area contributed by atoms with Gasteiger partial charge >= 0.3 is 6.36 Å². The molecular formula is C15H11BrF3NO2S. The molecule has 3 nitrogen and oxygen atoms in total. The zero-order valence-corrected chi connectivity index (χ0v) is 14.0. The van der Waals surface area contributed by atoms with E-state index < -0.39 is 18.0 Å². The molecule has 0 radical (unpaired) electrons. The maximum Gasteiger partial charge on any atom is 0.573 e. The highest BCUT2D eigenvalue weighted by molar-refractivity contribution is 9.10. The first kappa shape index (κ1) is 17.7. The van der Waals surface area contributed by atoms with Gasteiger partial charge in [0, 0.05) is 9.37 Å². The van der Waals surface area contributed by atoms with Crippen LogP contribution in [0.4, 0.5) is 18.9 Å². The average Bonchev–Trinajstić information content (AvgIpc) is 2.47. The van der Waals surface area contributed by atoms with Crippen molar-refractivity contribution in [2.45, 2.75) is 11.3 Å². The van der Waals surface area contributed by atoms with Crippen molar-refractivity contribution in [3.63, 3.8) is 0 Å². The van der Waals surface area contributed by atoms with Crippen molar-refractivity contribution in [3.8, 4) is 5.75 Å². The minimum Gasteiger partial charge on any atom is -0.404 e. The number of thioether (sulfide) groups is 1. The number of hydrogen-bond donors (Lipinski definition) is 1. The van der Waals surface area contributed by atoms with E-state index in [0.29, 0.717) is 0 Å². The van der Waals surface area contributed by atoms with E-state index >= 15 is 0 Å². The lowest BCUT2D eigenvalue weighted by molar-refractivity contribution is -0.274. The van der Waals surface area contributed by atoms with Gasteiger partial charge < -0.3 is 10.1 Å². The third-order valence-corrected chi connectivity index (χ3v) is 4.11. The minimum atomic E-state index is -4.81. The number of halogens is 4. The van der Waals surface area contributed by atoms with E-state index in [0.717, 1.165) is 15.4 Å². The van der Waals surface area contributed by atoms with E-state index in [4.69, 9.17) is 0 Å². The molecule has 0 aliphatic rings. The van der Waals surface area contributed by atoms with Crippen LogP contribution in [0.1, 0.15) is 0 Å². The summed E-state index contributed by atoms with van der Waals surface area (Å²) in [6, 6.07) is 12.8. The zero-order valence-electron chi connectivity index (χ0n) is 11.6. The number of amides is 1. The monoisotopic (exact) mass is 405 g/mol. The van der Waals surface area contributed by atoms with Crippen molar-refractivity contribution in [2.24, 2.45) is 0 Å². The van der Waals surface area contributed by atoms with Crippen molar-refractivity contribution >= 4 is 39.3 Å². The lowest BCUT2D eigenvalue weighted by atomic mass is 10.3. The molecule has 0 aromatic heterocycles. The van der Waals surface area contributed by atoms with Crippen molar-refractivity contribution in [3.05, 3.63) is 53.0 Å². The van der Waals surface area contributed by atoms with Gasteiger partial charge in [-0.2, -0.15) is 0 Å². The molecule has 122 valence electrons. The van der Waals surface area contributed by atoms with Crippen molar-refractivity contribution in [1.29, 1.82) is 0 Å². The van der Waals surface area contributed by atoms with E-state index in [1.165, 1.54) is 30.0 Å². The van der Waals surface area contributed by atoms with Crippen molar-refractivity contribution < 1.29 is 22.7 Å². The smallest absolute Gasteiger partial charge is 0.404 e. The molecule has 0 spiro atoms. The van der Waals surface area contributed by atoms with Crippen LogP contribution in [-0.2, 0) is 4.79 Å². The maximum absolute atomic E-state index is 12.3. The van der Waals surface area contributed by atoms with Gasteiger partial charge in [0.15, 0.2) is 5.75 Å². The van der Waals surface area contributed by atoms with Crippen LogP contribution in [0.25, 0.3) is 0 Å². The molecule has 1 N–H and O–H groups in total. The van der Waals surface area contributed by atoms with Crippen LogP contribution in [0.2, 0.25) is 0 Å². The Kier molecular flexibility index (Phi) is 5.95. The molecule has 2 aromatic carbocycles. The molecule has 0 aliphatic carbocycles. The molecule has 0 unspecified atom stereocenters. The molecule has 8 heteroatoms. The van der Waals surface area contributed by atoms with Gasteiger partial charge in [-0.05, 0) is 36.4 Å². The third-order valence-electron chi connectivity index (χ3n) is 2.57. The predicted octanol–water partition coefficient (Wildman–Crippen LogP) is 5.08. The first-order valence-corrected chi connectivity index (χ1v) is 8.14. The summed E-state index contributed by atoms with van der Waals surface area (Å²) in [5, 5.41) is 2.42. The van der Waals surface area contributed by atoms with Crippen LogP contribution >= 0.6 is 27.7 Å². The Balaban J connectivity index is 1.96. The largest absolute Gasteiger partial charge is 0.573 e. The molecule has 0 saturated heterocycles. The topological polar surface area (TPSA) is 38.3 Å². The summed E-state index contributed by atoms with van der Waals surface area (Å²) in [7, 11) is 0. The lowest BCUT2D eigenvalue weighted by Crippen LogP contribution is -2.20. The second kappa shape index (κ2) is 7.74. The summed E-state index contributed by atoms with van der Waals surface area (Å²) in [5.74, 6) is -0.791. The van der Waals surface area contributed by atoms with Crippen LogP contribution in [-0.4, -0.2) is 18.0 Å². The van der Waals surface area contributed by atoms with Crippen molar-refractivity contribution in [2.75, 3.05) is 11.1 Å². The Hall–Kier alpha value is -1.67. The molecule has 2 rings (SSSR count). The molecule has 0 aliphatic heterocycles. The second-order valence-electron chi connectivity index (χ2n) is 4.33. The highest BCUT2D eigenvalue weighted by Gasteiger charge is 2.32. The van der Waals surface area contributed by atoms with E-state index in [9.17, 15) is 18.0 Å². The van der Waals surface area contributed by atoms with Gasteiger partial charge in [-0.3, -0.25) is 4.79 Å². The Labute approximate surface area is 143 Å². The maximum atomic E-state index is 12.3. The SMILES string of the molecule is O=C(CSc1ccc(Br)cc1)Nc1ccccc1OC(F)(F)F. The first-order valence-electron chi connectivity index (χ1n) is 6.36. The number of nitrogens with one attached hydrogen (secondary N) is 1. The summed E-state index contributed by atoms with van der Waals surface area (Å²) >= 11 is 4.59. The van der Waals surface area contributed by atoms with Crippen LogP contribution < -0.4 is 10.1 Å². The number of alkyl halides is 3. The van der Waals surface area contributed by atoms with Crippen LogP contribution in [0.15, 0.2) is 57.9 Å². The van der Waals surface area contributed by atoms with E-state index in [-0.39, 0.29) is 11.4 Å². The Bertz CT molecular complexity index is 677. The predicted molar refractivity (Wildman–Crippen MR) is 86.6 cm³/mol. The molecular weight excluding hydrogens is 395 g/mol. The van der Waals surface area contributed by atoms with Crippen LogP contribution in [0, 0.1) is 0 Å². The number of benzene rings is 2. The zero-order chi connectivity index (χ0) is 16.9. The normalized spacial score (nSPS) is 11.1. The first-order chi connectivity index (χ1) is 10.8. The minimum absolute atomic E-state index is 0.0220. The molecule has 0 fully saturated rings. The molecule has 0 atom stereocenters. The summed E-state index contributed by atoms with van der Waals surface area (Å²) in [6.07, 6.45) is -4.81. The lowest BCUT2D eigenvalue weighted by Gasteiger charge is -2.13. The number of ether oxygens (including phenoxy) is 1. The molecule has 0 bridgehead atoms. The molecule has 1 amide bonds. The van der Waals surface area contributed by atoms with E-state index in [1.54, 1.807) is 0 Å². The summed E-state index contributed by atoms with van der Waals surface area (Å²) < 4.78 is 41.8. The Morgan fingerprint density at radius 2 is 1.78 bits per heavy atom. The fourth-order valence-electron chi connectivity index (χ4n) is 1.65. The van der Waals surface area contributed by atoms with Gasteiger partial charge in [0.05, 0.1) is 11.4 Å². The Morgan fingerprint density at radius 3 is 2.43 bits per heavy atom. The standard InChI is InChI=1S/C15H11BrF3NO2S/c16-10-5-7-11(8-6-10)23-9-14(21)20-12-3-1-2-4-13(12)22-15(17,18)19/h1-8H,9H2,(H,20,21). The molecule has 23 heavy (non-hydrogen) atoms. The molecule has 0 saturated carbocycles. The number of hydrogen-bond acceptors (Lipinski definition) is 3. The number of carbonyl (C=O) groups excluding carboxylic acids is 1. The number of para-hydroxylation sites is 2. The highest BCUT2D eigenvalue weighted by atomic mass is 79.9. The highest BCUT2D eigenvalue weighted by Crippen LogP contribution is 2.30. The molecule has 2 aromatic rings. The number of carbonyl (C=O) groups is 1. The summed E-state index contributed by atoms with van der Waals surface area (Å²) in [5.41, 5.74) is -0.0220. The van der Waals surface area contributed by atoms with E-state index in [1.807, 2.05) is 24.3 Å². The van der Waals surface area contributed by atoms with E-state index in [2.05, 4.69) is 26.0 Å². The quantitative estimate of drug-likeness (QED) is 0.704. The van der Waals surface area contributed by atoms with Gasteiger partial charge in [-0.15, -0.1) is 24.9 Å². The van der Waals surface area contributed by atoms with Gasteiger partial charge in [0.2, 0.25) is 5.91 Å². The third kappa shape index (κ3) is 6.15. The fraction of sp³-hybridized carbons (Fsp3) is 0.133. The summed E-state index contributed by atoms with van der Waals surface area (Å²) in [4.78, 5) is 12.8. The second-order valence-corrected chi connectivity index (χ2v) is 6.30. The van der Waals surface area contributed by atoms with Crippen molar-refractivity contribution in [1.82, 2.24) is 0 Å². The van der Waals surface area contributed by atoms with Crippen LogP contribution in [0.5, 0.6) is 5.75 Å². The van der Waals surface area contributed by atoms with Crippen LogP contribution in [0.3, 0.4) is 0 Å². The number of rotatable bonds is 5. The summed E-state index contributed by atoms with van der Waals surface area (Å²) in [6.45, 7) is 0. The van der Waals surface area contributed by atoms with Gasteiger partial charge in [0.1, 0.15) is 0 Å².